The van der Waals surface area contributed by atoms with Crippen LogP contribution < -0.4 is 4.74 Å². The second-order valence-corrected chi connectivity index (χ2v) is 7.26. The van der Waals surface area contributed by atoms with Crippen LogP contribution in [-0.2, 0) is 13.0 Å². The van der Waals surface area contributed by atoms with Crippen LogP contribution in [0.15, 0.2) is 77.0 Å². The Hall–Kier alpha value is -3.67. The Morgan fingerprint density at radius 2 is 1.52 bits per heavy atom. The van der Waals surface area contributed by atoms with Crippen molar-refractivity contribution in [3.8, 4) is 11.5 Å². The Kier molecular flexibility index (Phi) is 7.76. The summed E-state index contributed by atoms with van der Waals surface area (Å²) in [6.45, 7) is 2.70. The molecular weight excluding hydrogens is 392 g/mol. The smallest absolute Gasteiger partial charge is 0.339 e. The van der Waals surface area contributed by atoms with Gasteiger partial charge >= 0.3 is 5.97 Å². The molecule has 0 aliphatic heterocycles. The molecule has 3 aromatic rings. The van der Waals surface area contributed by atoms with Crippen molar-refractivity contribution in [2.24, 2.45) is 10.2 Å². The van der Waals surface area contributed by atoms with Gasteiger partial charge in [0.05, 0.1) is 11.4 Å². The van der Waals surface area contributed by atoms with Gasteiger partial charge < -0.3 is 14.9 Å². The van der Waals surface area contributed by atoms with Crippen LogP contribution in [0.25, 0.3) is 0 Å². The van der Waals surface area contributed by atoms with E-state index in [4.69, 9.17) is 9.84 Å². The normalized spacial score (nSPS) is 11.0. The van der Waals surface area contributed by atoms with Crippen LogP contribution in [0.4, 0.5) is 11.4 Å². The minimum absolute atomic E-state index is 0.214. The van der Waals surface area contributed by atoms with Gasteiger partial charge in [0.25, 0.3) is 0 Å². The zero-order valence-electron chi connectivity index (χ0n) is 17.5. The lowest BCUT2D eigenvalue weighted by atomic mass is 10.1. The van der Waals surface area contributed by atoms with Gasteiger partial charge in [0.15, 0.2) is 0 Å². The first-order chi connectivity index (χ1) is 15.0. The summed E-state index contributed by atoms with van der Waals surface area (Å²) in [7, 11) is 0. The third-order valence-corrected chi connectivity index (χ3v) is 4.83. The van der Waals surface area contributed by atoms with Crippen molar-refractivity contribution in [3.63, 3.8) is 0 Å². The highest BCUT2D eigenvalue weighted by Gasteiger charge is 2.09. The Morgan fingerprint density at radius 3 is 2.19 bits per heavy atom. The second-order valence-electron chi connectivity index (χ2n) is 7.26. The number of hydrogen-bond donors (Lipinski definition) is 2. The second kappa shape index (κ2) is 10.9. The number of nitrogens with zero attached hydrogens (tertiary/aromatic N) is 2. The molecule has 0 saturated heterocycles. The Bertz CT molecular complexity index is 1030. The first-order valence-electron chi connectivity index (χ1n) is 10.3. The summed E-state index contributed by atoms with van der Waals surface area (Å²) in [5, 5.41) is 26.7. The predicted octanol–water partition coefficient (Wildman–Crippen LogP) is 6.82. The maximum Gasteiger partial charge on any atom is 0.339 e. The number of unbranched alkanes of at least 4 members (excludes halogenated alkanes) is 2. The molecule has 6 nitrogen and oxygen atoms in total. The molecule has 0 unspecified atom stereocenters. The van der Waals surface area contributed by atoms with Crippen molar-refractivity contribution in [2.75, 3.05) is 0 Å². The van der Waals surface area contributed by atoms with Crippen LogP contribution in [0.2, 0.25) is 0 Å². The molecule has 0 aliphatic carbocycles. The number of aryl methyl sites for hydroxylation is 1. The monoisotopic (exact) mass is 418 g/mol. The largest absolute Gasteiger partial charge is 0.507 e. The zero-order valence-corrected chi connectivity index (χ0v) is 17.5. The van der Waals surface area contributed by atoms with E-state index in [1.54, 1.807) is 12.1 Å². The summed E-state index contributed by atoms with van der Waals surface area (Å²) >= 11 is 0. The molecule has 0 aromatic heterocycles. The predicted molar refractivity (Wildman–Crippen MR) is 120 cm³/mol. The van der Waals surface area contributed by atoms with Crippen molar-refractivity contribution >= 4 is 17.3 Å². The number of aromatic hydroxyl groups is 1. The van der Waals surface area contributed by atoms with Gasteiger partial charge in [0.2, 0.25) is 0 Å². The quantitative estimate of drug-likeness (QED) is 0.279. The first-order valence-corrected chi connectivity index (χ1v) is 10.3. The molecule has 2 N–H and O–H groups in total. The van der Waals surface area contributed by atoms with E-state index in [-0.39, 0.29) is 11.3 Å². The lowest BCUT2D eigenvalue weighted by Gasteiger charge is -2.07. The molecule has 31 heavy (non-hydrogen) atoms. The number of hydrogen-bond acceptors (Lipinski definition) is 5. The summed E-state index contributed by atoms with van der Waals surface area (Å²) in [6.07, 6.45) is 4.84. The zero-order chi connectivity index (χ0) is 22.1. The molecule has 0 atom stereocenters. The summed E-state index contributed by atoms with van der Waals surface area (Å²) in [5.41, 5.74) is 3.21. The standard InChI is InChI=1S/C25H26N2O4/c1-2-3-4-5-18-6-8-19(9-7-18)17-31-22-13-10-20(11-14-22)26-27-21-12-15-24(28)23(16-21)25(29)30/h6-16,28H,2-5,17H2,1H3,(H,29,30)/b27-26+. The number of ether oxygens (including phenoxy) is 1. The van der Waals surface area contributed by atoms with Gasteiger partial charge in [-0.3, -0.25) is 0 Å². The summed E-state index contributed by atoms with van der Waals surface area (Å²) in [6, 6.07) is 19.8. The molecular formula is C25H26N2O4. The van der Waals surface area contributed by atoms with E-state index in [1.165, 1.54) is 43.0 Å². The number of azo groups is 1. The molecule has 0 fully saturated rings. The van der Waals surface area contributed by atoms with Crippen LogP contribution in [0.5, 0.6) is 11.5 Å². The van der Waals surface area contributed by atoms with E-state index in [0.29, 0.717) is 18.0 Å². The molecule has 0 saturated carbocycles. The molecule has 160 valence electrons. The van der Waals surface area contributed by atoms with Gasteiger partial charge in [0.1, 0.15) is 23.7 Å². The highest BCUT2D eigenvalue weighted by Crippen LogP contribution is 2.26. The number of carboxylic acids is 1. The van der Waals surface area contributed by atoms with Gasteiger partial charge in [-0.1, -0.05) is 44.0 Å². The summed E-state index contributed by atoms with van der Waals surface area (Å²) in [4.78, 5) is 11.1. The SMILES string of the molecule is CCCCCc1ccc(COc2ccc(/N=N/c3ccc(O)c(C(=O)O)c3)cc2)cc1. The molecule has 0 heterocycles. The topological polar surface area (TPSA) is 91.5 Å². The Morgan fingerprint density at radius 1 is 0.871 bits per heavy atom. The average molecular weight is 418 g/mol. The Balaban J connectivity index is 1.54. The minimum Gasteiger partial charge on any atom is -0.507 e. The number of rotatable bonds is 10. The van der Waals surface area contributed by atoms with Crippen LogP contribution in [0, 0.1) is 0 Å². The molecule has 0 radical (unpaired) electrons. The molecule has 3 rings (SSSR count). The molecule has 0 aliphatic rings. The average Bonchev–Trinajstić information content (AvgIpc) is 2.78. The van der Waals surface area contributed by atoms with E-state index in [0.717, 1.165) is 17.7 Å². The third-order valence-electron chi connectivity index (χ3n) is 4.83. The molecule has 0 bridgehead atoms. The highest BCUT2D eigenvalue weighted by molar-refractivity contribution is 5.91. The number of benzene rings is 3. The van der Waals surface area contributed by atoms with E-state index in [9.17, 15) is 9.90 Å². The van der Waals surface area contributed by atoms with E-state index < -0.39 is 5.97 Å². The fourth-order valence-electron chi connectivity index (χ4n) is 3.03. The maximum absolute atomic E-state index is 11.1. The maximum atomic E-state index is 11.1. The van der Waals surface area contributed by atoms with Gasteiger partial charge in [0, 0.05) is 0 Å². The van der Waals surface area contributed by atoms with Crippen LogP contribution in [-0.4, -0.2) is 16.2 Å². The lowest BCUT2D eigenvalue weighted by molar-refractivity contribution is 0.0693. The minimum atomic E-state index is -1.22. The number of phenols is 1. The number of carbonyl (C=O) groups is 1. The van der Waals surface area contributed by atoms with Crippen LogP contribution >= 0.6 is 0 Å². The van der Waals surface area contributed by atoms with E-state index in [1.807, 2.05) is 12.1 Å². The van der Waals surface area contributed by atoms with Crippen LogP contribution in [0.3, 0.4) is 0 Å². The van der Waals surface area contributed by atoms with E-state index >= 15 is 0 Å². The van der Waals surface area contributed by atoms with Gasteiger partial charge in [-0.25, -0.2) is 4.79 Å². The number of aromatic carboxylic acids is 1. The summed E-state index contributed by atoms with van der Waals surface area (Å²) < 4.78 is 5.84. The molecule has 3 aromatic carbocycles. The van der Waals surface area contributed by atoms with Crippen molar-refractivity contribution < 1.29 is 19.7 Å². The fraction of sp³-hybridized carbons (Fsp3) is 0.240. The first kappa shape index (κ1) is 22.0. The van der Waals surface area contributed by atoms with Crippen molar-refractivity contribution in [3.05, 3.63) is 83.4 Å². The lowest BCUT2D eigenvalue weighted by Crippen LogP contribution is -1.95. The third kappa shape index (κ3) is 6.67. The van der Waals surface area contributed by atoms with Gasteiger partial charge in [-0.2, -0.15) is 10.2 Å². The van der Waals surface area contributed by atoms with Gasteiger partial charge in [-0.05, 0) is 66.4 Å². The fourth-order valence-corrected chi connectivity index (χ4v) is 3.03. The van der Waals surface area contributed by atoms with Gasteiger partial charge in [-0.15, -0.1) is 0 Å². The van der Waals surface area contributed by atoms with Crippen LogP contribution in [0.1, 0.15) is 47.7 Å². The highest BCUT2D eigenvalue weighted by atomic mass is 16.5. The number of carboxylic acid groups (broad SMARTS) is 1. The van der Waals surface area contributed by atoms with Crippen molar-refractivity contribution in [1.29, 1.82) is 0 Å². The van der Waals surface area contributed by atoms with Crippen molar-refractivity contribution in [2.45, 2.75) is 39.2 Å². The van der Waals surface area contributed by atoms with E-state index in [2.05, 4.69) is 41.4 Å². The van der Waals surface area contributed by atoms with Crippen molar-refractivity contribution in [1.82, 2.24) is 0 Å². The molecule has 6 heteroatoms. The summed E-state index contributed by atoms with van der Waals surface area (Å²) in [5.74, 6) is -0.801. The Labute approximate surface area is 181 Å². The molecule has 0 spiro atoms. The molecule has 0 amide bonds.